The standard InChI is InChI=1S/C21H36O3/c1-18(2,3)15-7-11-20(12-8-15)21(24-17(22)23-20)13-9-16(10-14-21)19(4,5)6/h15-16H,7-14H2,1-6H3. The van der Waals surface area contributed by atoms with Gasteiger partial charge in [0.05, 0.1) is 0 Å². The fourth-order valence-electron chi connectivity index (χ4n) is 5.54. The van der Waals surface area contributed by atoms with E-state index in [0.717, 1.165) is 51.4 Å². The number of ether oxygens (including phenoxy) is 2. The number of rotatable bonds is 0. The van der Waals surface area contributed by atoms with Crippen LogP contribution in [-0.4, -0.2) is 17.4 Å². The molecule has 1 heterocycles. The second-order valence-corrected chi connectivity index (χ2v) is 10.7. The SMILES string of the molecule is CC(C)(C)C1CCC2(CC1)OC(=O)OC21CCC(C(C)(C)C)CC1. The van der Waals surface area contributed by atoms with Gasteiger partial charge in [0, 0.05) is 0 Å². The molecule has 3 rings (SSSR count). The average Bonchev–Trinajstić information content (AvgIpc) is 2.69. The summed E-state index contributed by atoms with van der Waals surface area (Å²) < 4.78 is 11.8. The molecule has 2 aliphatic carbocycles. The number of carbonyl (C=O) groups excluding carboxylic acids is 1. The van der Waals surface area contributed by atoms with Crippen LogP contribution in [0.2, 0.25) is 0 Å². The Morgan fingerprint density at radius 1 is 0.708 bits per heavy atom. The van der Waals surface area contributed by atoms with E-state index in [1.807, 2.05) is 0 Å². The monoisotopic (exact) mass is 336 g/mol. The van der Waals surface area contributed by atoms with Gasteiger partial charge in [0.15, 0.2) is 11.2 Å². The minimum atomic E-state index is -0.418. The second-order valence-electron chi connectivity index (χ2n) is 10.7. The minimum absolute atomic E-state index is 0.335. The summed E-state index contributed by atoms with van der Waals surface area (Å²) in [4.78, 5) is 12.1. The summed E-state index contributed by atoms with van der Waals surface area (Å²) >= 11 is 0. The molecule has 0 unspecified atom stereocenters. The molecule has 3 aliphatic rings. The Morgan fingerprint density at radius 2 is 1.00 bits per heavy atom. The molecule has 0 aromatic heterocycles. The highest BCUT2D eigenvalue weighted by atomic mass is 16.8. The molecule has 24 heavy (non-hydrogen) atoms. The largest absolute Gasteiger partial charge is 0.509 e. The summed E-state index contributed by atoms with van der Waals surface area (Å²) in [5.41, 5.74) is -0.0341. The summed E-state index contributed by atoms with van der Waals surface area (Å²) in [5.74, 6) is 1.43. The molecule has 0 N–H and O–H groups in total. The Hall–Kier alpha value is -0.730. The molecular formula is C21H36O3. The zero-order chi connectivity index (χ0) is 17.8. The molecule has 2 spiro atoms. The molecule has 3 nitrogen and oxygen atoms in total. The van der Waals surface area contributed by atoms with Crippen LogP contribution in [0.15, 0.2) is 0 Å². The summed E-state index contributed by atoms with van der Waals surface area (Å²) in [6, 6.07) is 0. The fraction of sp³-hybridized carbons (Fsp3) is 0.952. The van der Waals surface area contributed by atoms with Crippen molar-refractivity contribution in [1.29, 1.82) is 0 Å². The van der Waals surface area contributed by atoms with Gasteiger partial charge in [-0.25, -0.2) is 4.79 Å². The molecule has 3 heteroatoms. The first-order chi connectivity index (χ1) is 11.0. The van der Waals surface area contributed by atoms with Crippen molar-refractivity contribution in [2.45, 2.75) is 104 Å². The lowest BCUT2D eigenvalue weighted by molar-refractivity contribution is -0.116. The summed E-state index contributed by atoms with van der Waals surface area (Å²) in [5, 5.41) is 0. The molecule has 0 aromatic rings. The van der Waals surface area contributed by atoms with Gasteiger partial charge in [0.1, 0.15) is 0 Å². The van der Waals surface area contributed by atoms with E-state index in [2.05, 4.69) is 41.5 Å². The lowest BCUT2D eigenvalue weighted by atomic mass is 9.58. The lowest BCUT2D eigenvalue weighted by Crippen LogP contribution is -2.56. The van der Waals surface area contributed by atoms with E-state index in [9.17, 15) is 4.79 Å². The Labute approximate surface area is 147 Å². The highest BCUT2D eigenvalue weighted by Gasteiger charge is 2.64. The molecule has 138 valence electrons. The molecule has 0 atom stereocenters. The fourth-order valence-corrected chi connectivity index (χ4v) is 5.54. The zero-order valence-electron chi connectivity index (χ0n) is 16.5. The molecule has 2 saturated carbocycles. The molecule has 0 bridgehead atoms. The molecule has 0 radical (unpaired) electrons. The van der Waals surface area contributed by atoms with Gasteiger partial charge in [-0.05, 0) is 74.0 Å². The number of carbonyl (C=O) groups is 1. The van der Waals surface area contributed by atoms with E-state index in [1.165, 1.54) is 0 Å². The molecule has 0 amide bonds. The van der Waals surface area contributed by atoms with Gasteiger partial charge in [0.25, 0.3) is 0 Å². The topological polar surface area (TPSA) is 35.5 Å². The van der Waals surface area contributed by atoms with E-state index in [-0.39, 0.29) is 11.2 Å². The molecular weight excluding hydrogens is 300 g/mol. The third-order valence-electron chi connectivity index (χ3n) is 7.42. The normalized spacial score (nSPS) is 40.7. The van der Waals surface area contributed by atoms with Gasteiger partial charge in [-0.15, -0.1) is 0 Å². The molecule has 1 aliphatic heterocycles. The predicted molar refractivity (Wildman–Crippen MR) is 95.9 cm³/mol. The highest BCUT2D eigenvalue weighted by Crippen LogP contribution is 2.57. The first-order valence-electron chi connectivity index (χ1n) is 9.90. The predicted octanol–water partition coefficient (Wildman–Crippen LogP) is 6.10. The van der Waals surface area contributed by atoms with Crippen molar-refractivity contribution >= 4 is 6.16 Å². The van der Waals surface area contributed by atoms with Crippen molar-refractivity contribution in [1.82, 2.24) is 0 Å². The van der Waals surface area contributed by atoms with E-state index < -0.39 is 6.16 Å². The Bertz CT molecular complexity index is 434. The van der Waals surface area contributed by atoms with Crippen molar-refractivity contribution < 1.29 is 14.3 Å². The molecule has 1 saturated heterocycles. The number of fused-ring (bicyclic) bond motifs is 1. The van der Waals surface area contributed by atoms with Crippen LogP contribution in [-0.2, 0) is 9.47 Å². The summed E-state index contributed by atoms with van der Waals surface area (Å²) in [6.45, 7) is 14.0. The van der Waals surface area contributed by atoms with Crippen molar-refractivity contribution in [2.75, 3.05) is 0 Å². The molecule has 3 fully saturated rings. The van der Waals surface area contributed by atoms with Crippen LogP contribution in [0, 0.1) is 22.7 Å². The highest BCUT2D eigenvalue weighted by molar-refractivity contribution is 5.64. The van der Waals surface area contributed by atoms with Crippen molar-refractivity contribution in [2.24, 2.45) is 22.7 Å². The number of hydrogen-bond acceptors (Lipinski definition) is 3. The van der Waals surface area contributed by atoms with Gasteiger partial charge in [-0.1, -0.05) is 41.5 Å². The Morgan fingerprint density at radius 3 is 1.25 bits per heavy atom. The van der Waals surface area contributed by atoms with Crippen LogP contribution in [0.1, 0.15) is 92.9 Å². The average molecular weight is 337 g/mol. The van der Waals surface area contributed by atoms with E-state index in [4.69, 9.17) is 9.47 Å². The van der Waals surface area contributed by atoms with Crippen LogP contribution >= 0.6 is 0 Å². The maximum absolute atomic E-state index is 12.1. The minimum Gasteiger partial charge on any atom is -0.423 e. The Balaban J connectivity index is 1.76. The van der Waals surface area contributed by atoms with E-state index >= 15 is 0 Å². The van der Waals surface area contributed by atoms with Gasteiger partial charge in [-0.3, -0.25) is 0 Å². The van der Waals surface area contributed by atoms with Crippen LogP contribution in [0.4, 0.5) is 4.79 Å². The lowest BCUT2D eigenvalue weighted by Gasteiger charge is -2.50. The van der Waals surface area contributed by atoms with Crippen molar-refractivity contribution in [3.63, 3.8) is 0 Å². The van der Waals surface area contributed by atoms with Crippen LogP contribution < -0.4 is 0 Å². The van der Waals surface area contributed by atoms with E-state index in [1.54, 1.807) is 0 Å². The maximum Gasteiger partial charge on any atom is 0.509 e. The Kier molecular flexibility index (Phi) is 4.25. The first-order valence-corrected chi connectivity index (χ1v) is 9.90. The van der Waals surface area contributed by atoms with Gasteiger partial charge in [0.2, 0.25) is 0 Å². The van der Waals surface area contributed by atoms with Gasteiger partial charge in [-0.2, -0.15) is 0 Å². The van der Waals surface area contributed by atoms with E-state index in [0.29, 0.717) is 22.7 Å². The quantitative estimate of drug-likeness (QED) is 0.501. The smallest absolute Gasteiger partial charge is 0.423 e. The maximum atomic E-state index is 12.1. The third kappa shape index (κ3) is 2.97. The van der Waals surface area contributed by atoms with Crippen LogP contribution in [0.3, 0.4) is 0 Å². The number of hydrogen-bond donors (Lipinski definition) is 0. The second kappa shape index (κ2) is 5.64. The summed E-state index contributed by atoms with van der Waals surface area (Å²) in [7, 11) is 0. The van der Waals surface area contributed by atoms with Crippen molar-refractivity contribution in [3.05, 3.63) is 0 Å². The molecule has 0 aromatic carbocycles. The van der Waals surface area contributed by atoms with Crippen molar-refractivity contribution in [3.8, 4) is 0 Å². The first kappa shape index (κ1) is 18.1. The summed E-state index contributed by atoms with van der Waals surface area (Å²) in [6.07, 6.45) is 8.05. The zero-order valence-corrected chi connectivity index (χ0v) is 16.5. The van der Waals surface area contributed by atoms with Crippen LogP contribution in [0.5, 0.6) is 0 Å². The van der Waals surface area contributed by atoms with Gasteiger partial charge < -0.3 is 9.47 Å². The van der Waals surface area contributed by atoms with Crippen LogP contribution in [0.25, 0.3) is 0 Å². The third-order valence-corrected chi connectivity index (χ3v) is 7.42. The van der Waals surface area contributed by atoms with Gasteiger partial charge >= 0.3 is 6.16 Å².